The molecule has 0 spiro atoms. The maximum absolute atomic E-state index is 5.97. The first-order chi connectivity index (χ1) is 9.72. The van der Waals surface area contributed by atoms with Gasteiger partial charge in [0.1, 0.15) is 5.75 Å². The van der Waals surface area contributed by atoms with E-state index >= 15 is 0 Å². The molecule has 5 heteroatoms. The minimum Gasteiger partial charge on any atom is -0.467 e. The normalized spacial score (nSPS) is 14.1. The first kappa shape index (κ1) is 13.4. The monoisotopic (exact) mass is 290 g/mol. The van der Waals surface area contributed by atoms with Crippen molar-refractivity contribution in [3.63, 3.8) is 0 Å². The zero-order valence-corrected chi connectivity index (χ0v) is 12.3. The zero-order valence-electron chi connectivity index (χ0n) is 11.5. The average Bonchev–Trinajstić information content (AvgIpc) is 2.91. The fourth-order valence-corrected chi connectivity index (χ4v) is 3.24. The molecule has 0 aliphatic carbocycles. The molecular weight excluding hydrogens is 272 g/mol. The van der Waals surface area contributed by atoms with Gasteiger partial charge in [0.25, 0.3) is 0 Å². The first-order valence-electron chi connectivity index (χ1n) is 6.55. The molecule has 106 valence electrons. The Labute approximate surface area is 122 Å². The lowest BCUT2D eigenvalue weighted by Gasteiger charge is -2.24. The molecule has 0 radical (unpaired) electrons. The Morgan fingerprint density at radius 1 is 1.35 bits per heavy atom. The highest BCUT2D eigenvalue weighted by molar-refractivity contribution is 7.09. The molecule has 0 atom stereocenters. The van der Waals surface area contributed by atoms with Crippen LogP contribution in [0.2, 0.25) is 0 Å². The van der Waals surface area contributed by atoms with E-state index in [2.05, 4.69) is 29.5 Å². The van der Waals surface area contributed by atoms with E-state index in [9.17, 15) is 0 Å². The van der Waals surface area contributed by atoms with Crippen LogP contribution in [0.5, 0.6) is 5.75 Å². The molecule has 1 aliphatic heterocycles. The zero-order chi connectivity index (χ0) is 13.9. The Morgan fingerprint density at radius 3 is 3.05 bits per heavy atom. The Kier molecular flexibility index (Phi) is 3.91. The number of ether oxygens (including phenoxy) is 2. The van der Waals surface area contributed by atoms with Crippen LogP contribution in [0.25, 0.3) is 0 Å². The predicted octanol–water partition coefficient (Wildman–Crippen LogP) is 2.83. The lowest BCUT2D eigenvalue weighted by molar-refractivity contribution is -0.0173. The van der Waals surface area contributed by atoms with Crippen molar-refractivity contribution in [2.24, 2.45) is 0 Å². The topological polar surface area (TPSA) is 47.7 Å². The number of hydrogen-bond donors (Lipinski definition) is 1. The van der Waals surface area contributed by atoms with Crippen molar-refractivity contribution < 1.29 is 9.47 Å². The summed E-state index contributed by atoms with van der Waals surface area (Å²) in [6.45, 7) is 2.63. The molecule has 0 saturated carbocycles. The Balaban J connectivity index is 1.78. The smallest absolute Gasteiger partial charge is 0.189 e. The van der Waals surface area contributed by atoms with Gasteiger partial charge in [-0.3, -0.25) is 4.90 Å². The van der Waals surface area contributed by atoms with Crippen molar-refractivity contribution in [1.82, 2.24) is 4.90 Å². The van der Waals surface area contributed by atoms with E-state index in [-0.39, 0.29) is 0 Å². The molecule has 20 heavy (non-hydrogen) atoms. The second-order valence-electron chi connectivity index (χ2n) is 5.03. The van der Waals surface area contributed by atoms with Crippen LogP contribution in [0, 0.1) is 0 Å². The summed E-state index contributed by atoms with van der Waals surface area (Å²) < 4.78 is 11.0. The maximum atomic E-state index is 5.97. The summed E-state index contributed by atoms with van der Waals surface area (Å²) in [6.07, 6.45) is 0. The molecule has 0 saturated heterocycles. The summed E-state index contributed by atoms with van der Waals surface area (Å²) in [5.41, 5.74) is 8.89. The highest BCUT2D eigenvalue weighted by atomic mass is 32.1. The molecule has 2 aromatic rings. The van der Waals surface area contributed by atoms with Gasteiger partial charge in [-0.15, -0.1) is 11.3 Å². The van der Waals surface area contributed by atoms with E-state index in [1.54, 1.807) is 11.3 Å². The van der Waals surface area contributed by atoms with Crippen molar-refractivity contribution in [2.45, 2.75) is 19.7 Å². The molecule has 0 fully saturated rings. The summed E-state index contributed by atoms with van der Waals surface area (Å²) in [6, 6.07) is 8.16. The summed E-state index contributed by atoms with van der Waals surface area (Å²) in [4.78, 5) is 3.62. The second kappa shape index (κ2) is 5.83. The molecule has 0 amide bonds. The number of nitrogens with zero attached hydrogens (tertiary/aromatic N) is 1. The lowest BCUT2D eigenvalue weighted by Crippen LogP contribution is -2.20. The third-order valence-corrected chi connectivity index (χ3v) is 4.12. The largest absolute Gasteiger partial charge is 0.467 e. The van der Waals surface area contributed by atoms with Crippen LogP contribution < -0.4 is 10.5 Å². The van der Waals surface area contributed by atoms with E-state index in [1.165, 1.54) is 4.88 Å². The number of hydrogen-bond acceptors (Lipinski definition) is 5. The Bertz CT molecular complexity index is 584. The van der Waals surface area contributed by atoms with Crippen molar-refractivity contribution >= 4 is 17.0 Å². The molecule has 0 bridgehead atoms. The number of benzene rings is 1. The average molecular weight is 290 g/mol. The minimum atomic E-state index is 0.318. The van der Waals surface area contributed by atoms with Gasteiger partial charge in [-0.25, -0.2) is 0 Å². The van der Waals surface area contributed by atoms with Gasteiger partial charge < -0.3 is 15.2 Å². The van der Waals surface area contributed by atoms with Gasteiger partial charge in [-0.05, 0) is 30.6 Å². The molecule has 1 aromatic carbocycles. The number of nitrogen functional groups attached to an aromatic ring is 1. The van der Waals surface area contributed by atoms with Crippen molar-refractivity contribution in [2.75, 3.05) is 19.6 Å². The molecule has 2 N–H and O–H groups in total. The van der Waals surface area contributed by atoms with Gasteiger partial charge in [-0.2, -0.15) is 0 Å². The van der Waals surface area contributed by atoms with E-state index in [0.29, 0.717) is 13.4 Å². The molecule has 3 rings (SSSR count). The van der Waals surface area contributed by atoms with Crippen molar-refractivity contribution in [1.29, 1.82) is 0 Å². The van der Waals surface area contributed by atoms with Crippen LogP contribution in [0.4, 0.5) is 5.69 Å². The van der Waals surface area contributed by atoms with Gasteiger partial charge in [0, 0.05) is 34.8 Å². The van der Waals surface area contributed by atoms with Gasteiger partial charge in [-0.1, -0.05) is 6.07 Å². The summed E-state index contributed by atoms with van der Waals surface area (Å²) in [5.74, 6) is 0.934. The van der Waals surface area contributed by atoms with Gasteiger partial charge in [0.05, 0.1) is 6.61 Å². The molecule has 2 heterocycles. The summed E-state index contributed by atoms with van der Waals surface area (Å²) in [5, 5.41) is 2.10. The minimum absolute atomic E-state index is 0.318. The molecule has 1 aromatic heterocycles. The fraction of sp³-hybridized carbons (Fsp3) is 0.333. The third-order valence-electron chi connectivity index (χ3n) is 3.26. The third kappa shape index (κ3) is 2.95. The standard InChI is InChI=1S/C15H18N2O2S/c1-17(8-14-3-2-4-20-14)7-11-5-13(16)6-12-9-18-10-19-15(11)12/h2-6H,7-10,16H2,1H3. The van der Waals surface area contributed by atoms with Crippen molar-refractivity contribution in [3.8, 4) is 5.75 Å². The SMILES string of the molecule is CN(Cc1cccs1)Cc1cc(N)cc2c1OCOC2. The first-order valence-corrected chi connectivity index (χ1v) is 7.43. The van der Waals surface area contributed by atoms with Gasteiger partial charge in [0.15, 0.2) is 6.79 Å². The van der Waals surface area contributed by atoms with E-state index < -0.39 is 0 Å². The van der Waals surface area contributed by atoms with Crippen LogP contribution in [-0.2, 0) is 24.4 Å². The highest BCUT2D eigenvalue weighted by Gasteiger charge is 2.17. The van der Waals surface area contributed by atoms with E-state index in [0.717, 1.165) is 35.7 Å². The predicted molar refractivity (Wildman–Crippen MR) is 80.6 cm³/mol. The van der Waals surface area contributed by atoms with Crippen molar-refractivity contribution in [3.05, 3.63) is 45.6 Å². The molecule has 1 aliphatic rings. The van der Waals surface area contributed by atoms with Crippen LogP contribution in [0.15, 0.2) is 29.6 Å². The van der Waals surface area contributed by atoms with Gasteiger partial charge >= 0.3 is 0 Å². The highest BCUT2D eigenvalue weighted by Crippen LogP contribution is 2.31. The number of fused-ring (bicyclic) bond motifs is 1. The number of nitrogens with two attached hydrogens (primary N) is 1. The Morgan fingerprint density at radius 2 is 2.25 bits per heavy atom. The van der Waals surface area contributed by atoms with Gasteiger partial charge in [0.2, 0.25) is 0 Å². The number of thiophene rings is 1. The fourth-order valence-electron chi connectivity index (χ4n) is 2.46. The van der Waals surface area contributed by atoms with E-state index in [4.69, 9.17) is 15.2 Å². The van der Waals surface area contributed by atoms with Crippen LogP contribution in [0.3, 0.4) is 0 Å². The van der Waals surface area contributed by atoms with Crippen LogP contribution >= 0.6 is 11.3 Å². The number of rotatable bonds is 4. The molecular formula is C15H18N2O2S. The maximum Gasteiger partial charge on any atom is 0.189 e. The summed E-state index contributed by atoms with van der Waals surface area (Å²) >= 11 is 1.78. The Hall–Kier alpha value is -1.56. The molecule has 0 unspecified atom stereocenters. The van der Waals surface area contributed by atoms with E-state index in [1.807, 2.05) is 12.1 Å². The second-order valence-corrected chi connectivity index (χ2v) is 6.06. The summed E-state index contributed by atoms with van der Waals surface area (Å²) in [7, 11) is 2.11. The lowest BCUT2D eigenvalue weighted by atomic mass is 10.1. The van der Waals surface area contributed by atoms with Crippen LogP contribution in [-0.4, -0.2) is 18.7 Å². The van der Waals surface area contributed by atoms with Crippen LogP contribution in [0.1, 0.15) is 16.0 Å². The molecule has 4 nitrogen and oxygen atoms in total. The number of anilines is 1. The quantitative estimate of drug-likeness (QED) is 0.880.